The molecule has 1 aromatic rings. The van der Waals surface area contributed by atoms with Crippen LogP contribution in [0, 0.1) is 0 Å². The van der Waals surface area contributed by atoms with Gasteiger partial charge >= 0.3 is 0 Å². The number of benzene rings is 1. The summed E-state index contributed by atoms with van der Waals surface area (Å²) in [5, 5.41) is 3.07. The van der Waals surface area contributed by atoms with Crippen molar-refractivity contribution in [2.24, 2.45) is 0 Å². The van der Waals surface area contributed by atoms with Gasteiger partial charge in [0.2, 0.25) is 5.91 Å². The van der Waals surface area contributed by atoms with E-state index in [0.29, 0.717) is 6.42 Å². The largest absolute Gasteiger partial charge is 0.354 e. The monoisotopic (exact) mass is 247 g/mol. The lowest BCUT2D eigenvalue weighted by atomic mass is 10.1. The summed E-state index contributed by atoms with van der Waals surface area (Å²) in [4.78, 5) is 11.6. The van der Waals surface area contributed by atoms with E-state index in [1.165, 1.54) is 5.56 Å². The molecule has 0 aliphatic rings. The number of hydrogen-bond acceptors (Lipinski definition) is 1. The van der Waals surface area contributed by atoms with Gasteiger partial charge in [0.05, 0.1) is 0 Å². The molecule has 1 atom stereocenters. The van der Waals surface area contributed by atoms with E-state index in [0.717, 1.165) is 32.1 Å². The zero-order valence-corrected chi connectivity index (χ0v) is 11.6. The minimum atomic E-state index is 0.198. The van der Waals surface area contributed by atoms with Gasteiger partial charge in [0, 0.05) is 12.5 Å². The number of amides is 1. The van der Waals surface area contributed by atoms with Crippen LogP contribution in [-0.4, -0.2) is 11.9 Å². The molecule has 0 saturated heterocycles. The standard InChI is InChI=1S/C16H25NO/c1-3-4-6-11-16(18)17-14(2)12-13-15-9-7-5-8-10-15/h5,7-10,14H,3-4,6,11-13H2,1-2H3,(H,17,18). The second-order valence-corrected chi connectivity index (χ2v) is 4.95. The molecule has 2 nitrogen and oxygen atoms in total. The highest BCUT2D eigenvalue weighted by Gasteiger charge is 2.06. The van der Waals surface area contributed by atoms with Crippen LogP contribution in [0.2, 0.25) is 0 Å². The normalized spacial score (nSPS) is 12.1. The van der Waals surface area contributed by atoms with E-state index >= 15 is 0 Å². The van der Waals surface area contributed by atoms with E-state index < -0.39 is 0 Å². The number of aryl methyl sites for hydroxylation is 1. The topological polar surface area (TPSA) is 29.1 Å². The van der Waals surface area contributed by atoms with Crippen molar-refractivity contribution < 1.29 is 4.79 Å². The van der Waals surface area contributed by atoms with E-state index in [-0.39, 0.29) is 11.9 Å². The molecule has 0 heterocycles. The zero-order valence-electron chi connectivity index (χ0n) is 11.6. The SMILES string of the molecule is CCCCCC(=O)NC(C)CCc1ccccc1. The van der Waals surface area contributed by atoms with Crippen molar-refractivity contribution in [1.82, 2.24) is 5.32 Å². The third-order valence-electron chi connectivity index (χ3n) is 3.12. The van der Waals surface area contributed by atoms with Crippen molar-refractivity contribution in [3.8, 4) is 0 Å². The molecule has 0 aliphatic carbocycles. The van der Waals surface area contributed by atoms with E-state index in [2.05, 4.69) is 43.4 Å². The van der Waals surface area contributed by atoms with Gasteiger partial charge in [-0.05, 0) is 31.7 Å². The molecule has 1 unspecified atom stereocenters. The fourth-order valence-corrected chi connectivity index (χ4v) is 1.98. The highest BCUT2D eigenvalue weighted by molar-refractivity contribution is 5.76. The summed E-state index contributed by atoms with van der Waals surface area (Å²) in [6.45, 7) is 4.24. The summed E-state index contributed by atoms with van der Waals surface area (Å²) in [6, 6.07) is 10.7. The predicted octanol–water partition coefficient (Wildman–Crippen LogP) is 3.70. The number of nitrogens with one attached hydrogen (secondary N) is 1. The number of rotatable bonds is 8. The van der Waals surface area contributed by atoms with E-state index in [9.17, 15) is 4.79 Å². The lowest BCUT2D eigenvalue weighted by Crippen LogP contribution is -2.32. The van der Waals surface area contributed by atoms with Crippen LogP contribution in [0.4, 0.5) is 0 Å². The maximum absolute atomic E-state index is 11.6. The summed E-state index contributed by atoms with van der Waals surface area (Å²) in [6.07, 6.45) is 6.01. The third-order valence-corrected chi connectivity index (χ3v) is 3.12. The zero-order chi connectivity index (χ0) is 13.2. The number of carbonyl (C=O) groups excluding carboxylic acids is 1. The molecule has 0 bridgehead atoms. The fourth-order valence-electron chi connectivity index (χ4n) is 1.98. The van der Waals surface area contributed by atoms with Gasteiger partial charge in [-0.15, -0.1) is 0 Å². The van der Waals surface area contributed by atoms with Crippen LogP contribution in [-0.2, 0) is 11.2 Å². The van der Waals surface area contributed by atoms with Crippen LogP contribution < -0.4 is 5.32 Å². The van der Waals surface area contributed by atoms with Crippen LogP contribution in [0.25, 0.3) is 0 Å². The maximum atomic E-state index is 11.6. The van der Waals surface area contributed by atoms with Gasteiger partial charge < -0.3 is 5.32 Å². The summed E-state index contributed by atoms with van der Waals surface area (Å²) in [5.41, 5.74) is 1.34. The number of hydrogen-bond donors (Lipinski definition) is 1. The third kappa shape index (κ3) is 6.43. The van der Waals surface area contributed by atoms with Gasteiger partial charge in [0.1, 0.15) is 0 Å². The lowest BCUT2D eigenvalue weighted by Gasteiger charge is -2.13. The van der Waals surface area contributed by atoms with Gasteiger partial charge in [-0.2, -0.15) is 0 Å². The molecule has 0 saturated carbocycles. The molecule has 0 aliphatic heterocycles. The quantitative estimate of drug-likeness (QED) is 0.697. The van der Waals surface area contributed by atoms with Gasteiger partial charge in [-0.3, -0.25) is 4.79 Å². The van der Waals surface area contributed by atoms with Crippen LogP contribution in [0.1, 0.15) is 51.5 Å². The second kappa shape index (κ2) is 8.73. The number of unbranched alkanes of at least 4 members (excludes halogenated alkanes) is 2. The first-order chi connectivity index (χ1) is 8.72. The molecule has 1 N–H and O–H groups in total. The molecule has 1 aromatic carbocycles. The van der Waals surface area contributed by atoms with Crippen molar-refractivity contribution in [2.45, 2.75) is 58.4 Å². The molecule has 1 amide bonds. The van der Waals surface area contributed by atoms with Gasteiger partial charge in [0.25, 0.3) is 0 Å². The predicted molar refractivity (Wildman–Crippen MR) is 76.5 cm³/mol. The van der Waals surface area contributed by atoms with Crippen LogP contribution in [0.5, 0.6) is 0 Å². The first kappa shape index (κ1) is 14.7. The van der Waals surface area contributed by atoms with Crippen LogP contribution in [0.15, 0.2) is 30.3 Å². The van der Waals surface area contributed by atoms with Crippen LogP contribution in [0.3, 0.4) is 0 Å². The molecule has 18 heavy (non-hydrogen) atoms. The van der Waals surface area contributed by atoms with Gasteiger partial charge in [-0.25, -0.2) is 0 Å². The molecule has 2 heteroatoms. The highest BCUT2D eigenvalue weighted by atomic mass is 16.1. The number of carbonyl (C=O) groups is 1. The van der Waals surface area contributed by atoms with E-state index in [1.54, 1.807) is 0 Å². The molecule has 0 radical (unpaired) electrons. The summed E-state index contributed by atoms with van der Waals surface area (Å²) >= 11 is 0. The molecular formula is C16H25NO. The molecule has 100 valence electrons. The summed E-state index contributed by atoms with van der Waals surface area (Å²) in [7, 11) is 0. The Morgan fingerprint density at radius 3 is 2.61 bits per heavy atom. The van der Waals surface area contributed by atoms with Crippen molar-refractivity contribution in [3.05, 3.63) is 35.9 Å². The van der Waals surface area contributed by atoms with E-state index in [4.69, 9.17) is 0 Å². The van der Waals surface area contributed by atoms with Gasteiger partial charge in [0.15, 0.2) is 0 Å². The Morgan fingerprint density at radius 1 is 1.22 bits per heavy atom. The van der Waals surface area contributed by atoms with E-state index in [1.807, 2.05) is 6.07 Å². The Labute approximate surface area is 111 Å². The minimum Gasteiger partial charge on any atom is -0.354 e. The van der Waals surface area contributed by atoms with Crippen molar-refractivity contribution >= 4 is 5.91 Å². The maximum Gasteiger partial charge on any atom is 0.220 e. The fraction of sp³-hybridized carbons (Fsp3) is 0.562. The van der Waals surface area contributed by atoms with Crippen LogP contribution >= 0.6 is 0 Å². The second-order valence-electron chi connectivity index (χ2n) is 4.95. The first-order valence-electron chi connectivity index (χ1n) is 7.05. The van der Waals surface area contributed by atoms with Crippen molar-refractivity contribution in [3.63, 3.8) is 0 Å². The average Bonchev–Trinajstić information content (AvgIpc) is 2.38. The molecular weight excluding hydrogens is 222 g/mol. The average molecular weight is 247 g/mol. The Balaban J connectivity index is 2.17. The van der Waals surface area contributed by atoms with Gasteiger partial charge in [-0.1, -0.05) is 50.1 Å². The Bertz CT molecular complexity index is 334. The summed E-state index contributed by atoms with van der Waals surface area (Å²) in [5.74, 6) is 0.198. The summed E-state index contributed by atoms with van der Waals surface area (Å²) < 4.78 is 0. The Morgan fingerprint density at radius 2 is 1.94 bits per heavy atom. The Hall–Kier alpha value is -1.31. The lowest BCUT2D eigenvalue weighted by molar-refractivity contribution is -0.121. The molecule has 0 fully saturated rings. The van der Waals surface area contributed by atoms with Crippen molar-refractivity contribution in [1.29, 1.82) is 0 Å². The molecule has 0 spiro atoms. The minimum absolute atomic E-state index is 0.198. The Kier molecular flexibility index (Phi) is 7.16. The highest BCUT2D eigenvalue weighted by Crippen LogP contribution is 2.05. The van der Waals surface area contributed by atoms with Crippen molar-refractivity contribution in [2.75, 3.05) is 0 Å². The molecule has 1 rings (SSSR count). The molecule has 0 aromatic heterocycles. The smallest absolute Gasteiger partial charge is 0.220 e. The first-order valence-corrected chi connectivity index (χ1v) is 7.05.